The van der Waals surface area contributed by atoms with E-state index in [9.17, 15) is 4.79 Å². The summed E-state index contributed by atoms with van der Waals surface area (Å²) in [6, 6.07) is 17.4. The normalized spacial score (nSPS) is 14.4. The number of nitrogens with zero attached hydrogens (tertiary/aromatic N) is 4. The van der Waals surface area contributed by atoms with Crippen LogP contribution in [-0.4, -0.2) is 49.0 Å². The van der Waals surface area contributed by atoms with E-state index in [0.29, 0.717) is 17.1 Å². The number of aryl methyl sites for hydroxylation is 2. The van der Waals surface area contributed by atoms with Crippen molar-refractivity contribution in [1.82, 2.24) is 9.88 Å². The first kappa shape index (κ1) is 22.3. The lowest BCUT2D eigenvalue weighted by Gasteiger charge is -2.33. The molecule has 2 aromatic carbocycles. The summed E-state index contributed by atoms with van der Waals surface area (Å²) in [5.41, 5.74) is 4.72. The molecule has 1 aliphatic rings. The Balaban J connectivity index is 1.60. The van der Waals surface area contributed by atoms with Crippen LogP contribution in [0.25, 0.3) is 0 Å². The molecule has 6 heteroatoms. The smallest absolute Gasteiger partial charge is 0.258 e. The number of amides is 1. The number of likely N-dealkylation sites (N-methyl/N-ethyl adjacent to an activating group) is 1. The SMILES string of the molecule is Cc1cc(C)cc(N(Cc2ccc(N3CCN(C)CC3)nc2)C(=O)c2ccc(Cl)cc2)c1. The van der Waals surface area contributed by atoms with Crippen molar-refractivity contribution in [2.45, 2.75) is 20.4 Å². The van der Waals surface area contributed by atoms with Crippen LogP contribution in [0.15, 0.2) is 60.8 Å². The van der Waals surface area contributed by atoms with Gasteiger partial charge in [0, 0.05) is 48.6 Å². The van der Waals surface area contributed by atoms with Crippen molar-refractivity contribution in [1.29, 1.82) is 0 Å². The number of pyridine rings is 1. The van der Waals surface area contributed by atoms with Crippen LogP contribution in [0.3, 0.4) is 0 Å². The summed E-state index contributed by atoms with van der Waals surface area (Å²) in [4.78, 5) is 24.6. The molecule has 1 fully saturated rings. The van der Waals surface area contributed by atoms with Gasteiger partial charge in [0.1, 0.15) is 5.82 Å². The number of benzene rings is 2. The van der Waals surface area contributed by atoms with Gasteiger partial charge < -0.3 is 14.7 Å². The van der Waals surface area contributed by atoms with Gasteiger partial charge in [0.05, 0.1) is 6.54 Å². The second-order valence-electron chi connectivity index (χ2n) is 8.56. The van der Waals surface area contributed by atoms with Crippen LogP contribution in [0.5, 0.6) is 0 Å². The van der Waals surface area contributed by atoms with Crippen LogP contribution in [0, 0.1) is 13.8 Å². The molecule has 32 heavy (non-hydrogen) atoms. The Bertz CT molecular complexity index is 1050. The maximum atomic E-state index is 13.5. The van der Waals surface area contributed by atoms with Crippen molar-refractivity contribution < 1.29 is 4.79 Å². The van der Waals surface area contributed by atoms with Gasteiger partial charge in [0.15, 0.2) is 0 Å². The number of anilines is 2. The minimum absolute atomic E-state index is 0.0604. The standard InChI is InChI=1S/C26H29ClN4O/c1-19-14-20(2)16-24(15-19)31(26(32)22-5-7-23(27)8-6-22)18-21-4-9-25(28-17-21)30-12-10-29(3)11-13-30/h4-9,14-17H,10-13,18H2,1-3H3. The van der Waals surface area contributed by atoms with E-state index in [1.54, 1.807) is 24.3 Å². The van der Waals surface area contributed by atoms with E-state index < -0.39 is 0 Å². The largest absolute Gasteiger partial charge is 0.354 e. The van der Waals surface area contributed by atoms with Crippen LogP contribution in [0.2, 0.25) is 5.02 Å². The summed E-state index contributed by atoms with van der Waals surface area (Å²) >= 11 is 6.03. The lowest BCUT2D eigenvalue weighted by atomic mass is 10.1. The number of hydrogen-bond donors (Lipinski definition) is 0. The fraction of sp³-hybridized carbons (Fsp3) is 0.308. The Morgan fingerprint density at radius 1 is 0.969 bits per heavy atom. The Morgan fingerprint density at radius 3 is 2.22 bits per heavy atom. The van der Waals surface area contributed by atoms with Gasteiger partial charge >= 0.3 is 0 Å². The van der Waals surface area contributed by atoms with E-state index in [4.69, 9.17) is 16.6 Å². The van der Waals surface area contributed by atoms with Crippen LogP contribution < -0.4 is 9.80 Å². The third-order valence-electron chi connectivity index (χ3n) is 5.83. The monoisotopic (exact) mass is 448 g/mol. The molecule has 0 saturated carbocycles. The number of piperazine rings is 1. The highest BCUT2D eigenvalue weighted by Crippen LogP contribution is 2.24. The van der Waals surface area contributed by atoms with Crippen molar-refractivity contribution in [3.05, 3.63) is 88.1 Å². The van der Waals surface area contributed by atoms with Gasteiger partial charge in [-0.3, -0.25) is 4.79 Å². The zero-order valence-electron chi connectivity index (χ0n) is 18.9. The van der Waals surface area contributed by atoms with Gasteiger partial charge in [-0.05, 0) is 80.1 Å². The Hall–Kier alpha value is -2.89. The van der Waals surface area contributed by atoms with Crippen LogP contribution >= 0.6 is 11.6 Å². The third kappa shape index (κ3) is 5.29. The van der Waals surface area contributed by atoms with E-state index in [1.807, 2.05) is 37.1 Å². The summed E-state index contributed by atoms with van der Waals surface area (Å²) in [7, 11) is 2.15. The predicted molar refractivity (Wildman–Crippen MR) is 132 cm³/mol. The van der Waals surface area contributed by atoms with E-state index in [2.05, 4.69) is 35.0 Å². The topological polar surface area (TPSA) is 39.7 Å². The first-order valence-electron chi connectivity index (χ1n) is 10.9. The minimum atomic E-state index is -0.0604. The molecule has 1 saturated heterocycles. The number of hydrogen-bond acceptors (Lipinski definition) is 4. The Labute approximate surface area is 195 Å². The average molecular weight is 449 g/mol. The molecule has 0 spiro atoms. The summed E-state index contributed by atoms with van der Waals surface area (Å²) in [5.74, 6) is 0.929. The molecule has 0 N–H and O–H groups in total. The second-order valence-corrected chi connectivity index (χ2v) is 9.00. The fourth-order valence-corrected chi connectivity index (χ4v) is 4.18. The number of carbonyl (C=O) groups is 1. The zero-order chi connectivity index (χ0) is 22.7. The molecule has 1 aromatic heterocycles. The number of carbonyl (C=O) groups excluding carboxylic acids is 1. The molecule has 0 bridgehead atoms. The van der Waals surface area contributed by atoms with Gasteiger partial charge in [0.25, 0.3) is 5.91 Å². The van der Waals surface area contributed by atoms with Gasteiger partial charge in [0.2, 0.25) is 0 Å². The molecular formula is C26H29ClN4O. The van der Waals surface area contributed by atoms with Gasteiger partial charge in [-0.2, -0.15) is 0 Å². The van der Waals surface area contributed by atoms with Gasteiger partial charge in [-0.15, -0.1) is 0 Å². The van der Waals surface area contributed by atoms with E-state index in [-0.39, 0.29) is 5.91 Å². The molecule has 4 rings (SSSR count). The van der Waals surface area contributed by atoms with Gasteiger partial charge in [-0.25, -0.2) is 4.98 Å². The lowest BCUT2D eigenvalue weighted by Crippen LogP contribution is -2.44. The highest BCUT2D eigenvalue weighted by Gasteiger charge is 2.20. The van der Waals surface area contributed by atoms with Crippen molar-refractivity contribution in [2.75, 3.05) is 43.0 Å². The Kier molecular flexibility index (Phi) is 6.77. The molecule has 1 aliphatic heterocycles. The number of rotatable bonds is 5. The quantitative estimate of drug-likeness (QED) is 0.553. The molecule has 0 atom stereocenters. The molecule has 5 nitrogen and oxygen atoms in total. The summed E-state index contributed by atoms with van der Waals surface area (Å²) < 4.78 is 0. The van der Waals surface area contributed by atoms with Gasteiger partial charge in [-0.1, -0.05) is 23.7 Å². The van der Waals surface area contributed by atoms with Crippen molar-refractivity contribution in [3.8, 4) is 0 Å². The summed E-state index contributed by atoms with van der Waals surface area (Å²) in [6.45, 7) is 8.58. The van der Waals surface area contributed by atoms with E-state index >= 15 is 0 Å². The van der Waals surface area contributed by atoms with Crippen LogP contribution in [0.4, 0.5) is 11.5 Å². The van der Waals surface area contributed by atoms with E-state index in [0.717, 1.165) is 54.4 Å². The molecule has 2 heterocycles. The molecule has 166 valence electrons. The molecule has 0 unspecified atom stereocenters. The van der Waals surface area contributed by atoms with E-state index in [1.165, 1.54) is 0 Å². The Morgan fingerprint density at radius 2 is 1.62 bits per heavy atom. The van der Waals surface area contributed by atoms with Crippen LogP contribution in [0.1, 0.15) is 27.0 Å². The second kappa shape index (κ2) is 9.72. The van der Waals surface area contributed by atoms with Crippen molar-refractivity contribution in [2.24, 2.45) is 0 Å². The summed E-state index contributed by atoms with van der Waals surface area (Å²) in [5, 5.41) is 0.614. The molecular weight excluding hydrogens is 420 g/mol. The zero-order valence-corrected chi connectivity index (χ0v) is 19.6. The lowest BCUT2D eigenvalue weighted by molar-refractivity contribution is 0.0985. The average Bonchev–Trinajstić information content (AvgIpc) is 2.78. The fourth-order valence-electron chi connectivity index (χ4n) is 4.05. The predicted octanol–water partition coefficient (Wildman–Crippen LogP) is 4.95. The van der Waals surface area contributed by atoms with Crippen molar-refractivity contribution in [3.63, 3.8) is 0 Å². The number of aromatic nitrogens is 1. The molecule has 3 aromatic rings. The third-order valence-corrected chi connectivity index (χ3v) is 6.08. The maximum absolute atomic E-state index is 13.5. The molecule has 0 aliphatic carbocycles. The number of halogens is 1. The summed E-state index contributed by atoms with van der Waals surface area (Å²) in [6.07, 6.45) is 1.89. The van der Waals surface area contributed by atoms with Crippen molar-refractivity contribution >= 4 is 29.0 Å². The minimum Gasteiger partial charge on any atom is -0.354 e. The first-order chi connectivity index (χ1) is 15.4. The highest BCUT2D eigenvalue weighted by atomic mass is 35.5. The molecule has 1 amide bonds. The highest BCUT2D eigenvalue weighted by molar-refractivity contribution is 6.30. The van der Waals surface area contributed by atoms with Crippen LogP contribution in [-0.2, 0) is 6.54 Å². The molecule has 0 radical (unpaired) electrons. The first-order valence-corrected chi connectivity index (χ1v) is 11.3. The maximum Gasteiger partial charge on any atom is 0.258 e.